The fourth-order valence-electron chi connectivity index (χ4n) is 4.89. The van der Waals surface area contributed by atoms with Crippen LogP contribution in [0, 0.1) is 0 Å². The second-order valence-corrected chi connectivity index (χ2v) is 8.94. The maximum absolute atomic E-state index is 13.5. The fourth-order valence-corrected chi connectivity index (χ4v) is 4.89. The third-order valence-corrected chi connectivity index (χ3v) is 6.75. The van der Waals surface area contributed by atoms with E-state index in [0.717, 1.165) is 23.5 Å². The summed E-state index contributed by atoms with van der Waals surface area (Å²) >= 11 is 0. The van der Waals surface area contributed by atoms with Crippen LogP contribution in [0.5, 0.6) is 0 Å². The van der Waals surface area contributed by atoms with Crippen molar-refractivity contribution in [1.29, 1.82) is 0 Å². The lowest BCUT2D eigenvalue weighted by Crippen LogP contribution is -2.51. The third kappa shape index (κ3) is 4.22. The Morgan fingerprint density at radius 2 is 1.88 bits per heavy atom. The molecule has 0 spiro atoms. The molecule has 1 aliphatic carbocycles. The van der Waals surface area contributed by atoms with Crippen LogP contribution in [0.3, 0.4) is 0 Å². The summed E-state index contributed by atoms with van der Waals surface area (Å²) in [5.41, 5.74) is -2.71. The molecule has 4 rings (SSSR count). The van der Waals surface area contributed by atoms with Crippen LogP contribution in [0.2, 0.25) is 0 Å². The number of benzene rings is 1. The van der Waals surface area contributed by atoms with Gasteiger partial charge in [0.25, 0.3) is 0 Å². The quantitative estimate of drug-likeness (QED) is 0.492. The summed E-state index contributed by atoms with van der Waals surface area (Å²) in [5.74, 6) is -2.27. The third-order valence-electron chi connectivity index (χ3n) is 6.75. The molecule has 178 valence electrons. The van der Waals surface area contributed by atoms with E-state index in [1.165, 1.54) is 24.1 Å². The van der Waals surface area contributed by atoms with Crippen LogP contribution >= 0.6 is 0 Å². The van der Waals surface area contributed by atoms with Crippen molar-refractivity contribution in [2.24, 2.45) is 0 Å². The molecule has 7 nitrogen and oxygen atoms in total. The zero-order valence-corrected chi connectivity index (χ0v) is 18.2. The molecule has 0 radical (unpaired) electrons. The standard InChI is InChI=1S/C23H25F3N2O5/c1-33-20(31)17-7-2-3-10-27(17)18(29)12-22(13-19(30)28(21(22)32)16-8-9-16)14-5-4-6-15(11-14)23(24,25)26/h4-6,11,16-17H,2-3,7-10,12-13H2,1H3/t17-,22+/m1/s1. The van der Waals surface area contributed by atoms with Gasteiger partial charge in [0.1, 0.15) is 6.04 Å². The maximum atomic E-state index is 13.5. The van der Waals surface area contributed by atoms with Crippen molar-refractivity contribution >= 4 is 23.7 Å². The highest BCUT2D eigenvalue weighted by atomic mass is 19.4. The normalized spacial score (nSPS) is 26.0. The van der Waals surface area contributed by atoms with E-state index < -0.39 is 53.3 Å². The zero-order valence-electron chi connectivity index (χ0n) is 18.2. The van der Waals surface area contributed by atoms with E-state index in [2.05, 4.69) is 0 Å². The molecule has 1 aromatic rings. The second kappa shape index (κ2) is 8.46. The Labute approximate surface area is 188 Å². The van der Waals surface area contributed by atoms with E-state index in [-0.39, 0.29) is 24.6 Å². The predicted octanol–water partition coefficient (Wildman–Crippen LogP) is 2.81. The molecular weight excluding hydrogens is 441 g/mol. The molecular formula is C23H25F3N2O5. The van der Waals surface area contributed by atoms with Crippen LogP contribution in [0.25, 0.3) is 0 Å². The molecule has 0 bridgehead atoms. The Balaban J connectivity index is 1.73. The predicted molar refractivity (Wildman–Crippen MR) is 109 cm³/mol. The number of carbonyl (C=O) groups is 4. The number of ether oxygens (including phenoxy) is 1. The molecule has 2 atom stereocenters. The molecule has 3 aliphatic rings. The highest BCUT2D eigenvalue weighted by Gasteiger charge is 2.58. The van der Waals surface area contributed by atoms with Crippen molar-refractivity contribution in [2.75, 3.05) is 13.7 Å². The summed E-state index contributed by atoms with van der Waals surface area (Å²) < 4.78 is 45.0. The number of rotatable bonds is 5. The Bertz CT molecular complexity index is 991. The first-order valence-electron chi connectivity index (χ1n) is 11.0. The Morgan fingerprint density at radius 1 is 1.15 bits per heavy atom. The summed E-state index contributed by atoms with van der Waals surface area (Å²) in [6.45, 7) is 0.270. The molecule has 10 heteroatoms. The fraction of sp³-hybridized carbons (Fsp3) is 0.565. The van der Waals surface area contributed by atoms with E-state index in [1.807, 2.05) is 0 Å². The van der Waals surface area contributed by atoms with E-state index in [9.17, 15) is 32.3 Å². The van der Waals surface area contributed by atoms with Gasteiger partial charge in [-0.25, -0.2) is 4.79 Å². The van der Waals surface area contributed by atoms with Gasteiger partial charge in [0.15, 0.2) is 0 Å². The first-order valence-corrected chi connectivity index (χ1v) is 11.0. The molecule has 2 saturated heterocycles. The average Bonchev–Trinajstić information content (AvgIpc) is 3.58. The summed E-state index contributed by atoms with van der Waals surface area (Å²) in [4.78, 5) is 54.4. The summed E-state index contributed by atoms with van der Waals surface area (Å²) in [7, 11) is 1.22. The van der Waals surface area contributed by atoms with Crippen molar-refractivity contribution in [1.82, 2.24) is 9.80 Å². The minimum atomic E-state index is -4.65. The Hall–Kier alpha value is -2.91. The van der Waals surface area contributed by atoms with E-state index >= 15 is 0 Å². The minimum Gasteiger partial charge on any atom is -0.467 e. The van der Waals surface area contributed by atoms with E-state index in [1.54, 1.807) is 0 Å². The number of halogens is 3. The lowest BCUT2D eigenvalue weighted by molar-refractivity contribution is -0.155. The van der Waals surface area contributed by atoms with Crippen molar-refractivity contribution < 1.29 is 37.1 Å². The number of methoxy groups -OCH3 is 1. The number of amides is 3. The number of alkyl halides is 3. The van der Waals surface area contributed by atoms with Crippen molar-refractivity contribution in [3.63, 3.8) is 0 Å². The van der Waals surface area contributed by atoms with Crippen LogP contribution in [-0.2, 0) is 35.5 Å². The van der Waals surface area contributed by atoms with E-state index in [0.29, 0.717) is 25.7 Å². The number of carbonyl (C=O) groups excluding carboxylic acids is 4. The van der Waals surface area contributed by atoms with Gasteiger partial charge in [-0.05, 0) is 43.7 Å². The lowest BCUT2D eigenvalue weighted by atomic mass is 9.75. The minimum absolute atomic E-state index is 0.0150. The molecule has 0 unspecified atom stereocenters. The van der Waals surface area contributed by atoms with Crippen LogP contribution < -0.4 is 0 Å². The molecule has 1 aromatic carbocycles. The van der Waals surface area contributed by atoms with Gasteiger partial charge < -0.3 is 9.64 Å². The molecule has 1 saturated carbocycles. The monoisotopic (exact) mass is 466 g/mol. The lowest BCUT2D eigenvalue weighted by Gasteiger charge is -2.36. The molecule has 3 fully saturated rings. The average molecular weight is 466 g/mol. The summed E-state index contributed by atoms with van der Waals surface area (Å²) in [5, 5.41) is 0. The first kappa shape index (κ1) is 23.3. The number of nitrogens with zero attached hydrogens (tertiary/aromatic N) is 2. The SMILES string of the molecule is COC(=O)[C@H]1CCCCN1C(=O)C[C@@]1(c2cccc(C(F)(F)F)c2)CC(=O)N(C2CC2)C1=O. The molecule has 2 heterocycles. The van der Waals surface area contributed by atoms with Gasteiger partial charge in [-0.3, -0.25) is 19.3 Å². The number of hydrogen-bond donors (Lipinski definition) is 0. The van der Waals surface area contributed by atoms with Gasteiger partial charge >= 0.3 is 12.1 Å². The molecule has 2 aliphatic heterocycles. The number of piperidine rings is 1. The largest absolute Gasteiger partial charge is 0.467 e. The highest BCUT2D eigenvalue weighted by molar-refractivity contribution is 6.11. The Kier molecular flexibility index (Phi) is 5.96. The summed E-state index contributed by atoms with van der Waals surface area (Å²) in [6.07, 6.45) is -2.48. The van der Waals surface area contributed by atoms with Crippen molar-refractivity contribution in [3.8, 4) is 0 Å². The summed E-state index contributed by atoms with van der Waals surface area (Å²) in [6, 6.07) is 3.19. The second-order valence-electron chi connectivity index (χ2n) is 8.94. The first-order chi connectivity index (χ1) is 15.6. The molecule has 3 amide bonds. The molecule has 0 aromatic heterocycles. The van der Waals surface area contributed by atoms with E-state index in [4.69, 9.17) is 4.74 Å². The smallest absolute Gasteiger partial charge is 0.416 e. The van der Waals surface area contributed by atoms with Gasteiger partial charge in [0.05, 0.1) is 18.1 Å². The molecule has 33 heavy (non-hydrogen) atoms. The topological polar surface area (TPSA) is 84.0 Å². The number of likely N-dealkylation sites (tertiary alicyclic amines) is 2. The van der Waals surface area contributed by atoms with Crippen LogP contribution in [0.1, 0.15) is 56.1 Å². The van der Waals surface area contributed by atoms with Gasteiger partial charge in [-0.2, -0.15) is 13.2 Å². The van der Waals surface area contributed by atoms with Crippen LogP contribution in [0.4, 0.5) is 13.2 Å². The number of imide groups is 1. The Morgan fingerprint density at radius 3 is 2.52 bits per heavy atom. The highest BCUT2D eigenvalue weighted by Crippen LogP contribution is 2.45. The molecule has 0 N–H and O–H groups in total. The van der Waals surface area contributed by atoms with Gasteiger partial charge in [-0.1, -0.05) is 18.2 Å². The number of esters is 1. The van der Waals surface area contributed by atoms with Crippen LogP contribution in [-0.4, -0.2) is 59.2 Å². The van der Waals surface area contributed by atoms with Crippen molar-refractivity contribution in [2.45, 2.75) is 68.6 Å². The zero-order chi connectivity index (χ0) is 24.0. The van der Waals surface area contributed by atoms with Crippen molar-refractivity contribution in [3.05, 3.63) is 35.4 Å². The van der Waals surface area contributed by atoms with Crippen LogP contribution in [0.15, 0.2) is 24.3 Å². The van der Waals surface area contributed by atoms with Gasteiger partial charge in [0.2, 0.25) is 17.7 Å². The maximum Gasteiger partial charge on any atom is 0.416 e. The number of hydrogen-bond acceptors (Lipinski definition) is 5. The van der Waals surface area contributed by atoms with Gasteiger partial charge in [0, 0.05) is 25.4 Å². The van der Waals surface area contributed by atoms with Gasteiger partial charge in [-0.15, -0.1) is 0 Å².